The zero-order valence-electron chi connectivity index (χ0n) is 33.2. The van der Waals surface area contributed by atoms with E-state index in [1.54, 1.807) is 0 Å². The first-order valence-electron chi connectivity index (χ1n) is 21.5. The standard InChI is InChI=1S/C41H84NO7P/c1-3-5-7-9-11-13-15-17-19-20-21-22-24-26-28-30-32-34-41(43)49-40(39-48-50(44,45)47-37-35-42)38-46-36-33-31-29-27-25-23-18-16-14-12-10-8-6-4-2/h40H,3-39,42H2,1-2H3,(H,44,45)/t40-/m1/s1. The van der Waals surface area contributed by atoms with Gasteiger partial charge in [-0.1, -0.05) is 200 Å². The van der Waals surface area contributed by atoms with E-state index in [1.807, 2.05) is 0 Å². The molecule has 0 radical (unpaired) electrons. The second-order valence-corrected chi connectivity index (χ2v) is 16.0. The molecular weight excluding hydrogens is 649 g/mol. The highest BCUT2D eigenvalue weighted by atomic mass is 31.2. The molecule has 0 aliphatic rings. The minimum absolute atomic E-state index is 0.0901. The van der Waals surface area contributed by atoms with E-state index in [9.17, 15) is 14.3 Å². The van der Waals surface area contributed by atoms with Gasteiger partial charge in [-0.3, -0.25) is 13.8 Å². The van der Waals surface area contributed by atoms with Crippen molar-refractivity contribution in [2.24, 2.45) is 5.73 Å². The molecule has 300 valence electrons. The van der Waals surface area contributed by atoms with Crippen molar-refractivity contribution in [3.63, 3.8) is 0 Å². The summed E-state index contributed by atoms with van der Waals surface area (Å²) in [6.07, 6.45) is 39.7. The molecule has 2 atom stereocenters. The lowest BCUT2D eigenvalue weighted by Gasteiger charge is -2.20. The molecule has 0 rings (SSSR count). The van der Waals surface area contributed by atoms with E-state index in [1.165, 1.54) is 167 Å². The van der Waals surface area contributed by atoms with Gasteiger partial charge in [0.05, 0.1) is 19.8 Å². The molecule has 0 aromatic rings. The fourth-order valence-electron chi connectivity index (χ4n) is 6.35. The minimum Gasteiger partial charge on any atom is -0.457 e. The van der Waals surface area contributed by atoms with Gasteiger partial charge in [-0.15, -0.1) is 0 Å². The second kappa shape index (κ2) is 39.7. The van der Waals surface area contributed by atoms with Crippen LogP contribution in [0, 0.1) is 0 Å². The molecule has 0 saturated carbocycles. The SMILES string of the molecule is CCCCCCCCCCCCCCCCCCCC(=O)O[C@H](COCCCCCCCCCCCCCCCC)COP(=O)(O)OCCN. The van der Waals surface area contributed by atoms with Gasteiger partial charge in [-0.05, 0) is 12.8 Å². The van der Waals surface area contributed by atoms with E-state index in [2.05, 4.69) is 13.8 Å². The molecule has 50 heavy (non-hydrogen) atoms. The largest absolute Gasteiger partial charge is 0.472 e. The van der Waals surface area contributed by atoms with E-state index in [-0.39, 0.29) is 32.3 Å². The second-order valence-electron chi connectivity index (χ2n) is 14.6. The number of ether oxygens (including phenoxy) is 2. The normalized spacial score (nSPS) is 13.4. The number of carbonyl (C=O) groups is 1. The average molecular weight is 734 g/mol. The van der Waals surface area contributed by atoms with Crippen molar-refractivity contribution in [1.82, 2.24) is 0 Å². The highest BCUT2D eigenvalue weighted by Crippen LogP contribution is 2.43. The number of rotatable bonds is 42. The number of phosphoric acid groups is 1. The first-order chi connectivity index (χ1) is 24.4. The number of carbonyl (C=O) groups excluding carboxylic acids is 1. The van der Waals surface area contributed by atoms with Gasteiger partial charge in [0.1, 0.15) is 6.10 Å². The molecule has 0 aromatic heterocycles. The van der Waals surface area contributed by atoms with Crippen LogP contribution in [0.3, 0.4) is 0 Å². The highest BCUT2D eigenvalue weighted by molar-refractivity contribution is 7.47. The van der Waals surface area contributed by atoms with Gasteiger partial charge in [0.2, 0.25) is 0 Å². The maximum absolute atomic E-state index is 12.6. The minimum atomic E-state index is -4.27. The summed E-state index contributed by atoms with van der Waals surface area (Å²) in [5.41, 5.74) is 5.37. The lowest BCUT2D eigenvalue weighted by atomic mass is 10.0. The Hall–Kier alpha value is -0.500. The molecule has 0 heterocycles. The molecule has 1 unspecified atom stereocenters. The summed E-state index contributed by atoms with van der Waals surface area (Å²) in [5, 5.41) is 0. The van der Waals surface area contributed by atoms with Crippen LogP contribution in [0.4, 0.5) is 0 Å². The first kappa shape index (κ1) is 49.5. The van der Waals surface area contributed by atoms with Gasteiger partial charge in [0.15, 0.2) is 0 Å². The molecule has 0 saturated heterocycles. The van der Waals surface area contributed by atoms with Crippen LogP contribution in [0.15, 0.2) is 0 Å². The summed E-state index contributed by atoms with van der Waals surface area (Å²) in [6, 6.07) is 0. The molecule has 0 aliphatic heterocycles. The van der Waals surface area contributed by atoms with Crippen molar-refractivity contribution in [1.29, 1.82) is 0 Å². The van der Waals surface area contributed by atoms with Gasteiger partial charge in [0.25, 0.3) is 0 Å². The summed E-state index contributed by atoms with van der Waals surface area (Å²) in [7, 11) is -4.27. The Morgan fingerprint density at radius 2 is 0.880 bits per heavy atom. The van der Waals surface area contributed by atoms with Crippen molar-refractivity contribution < 1.29 is 32.8 Å². The number of unbranched alkanes of at least 4 members (excludes halogenated alkanes) is 29. The van der Waals surface area contributed by atoms with Gasteiger partial charge >= 0.3 is 13.8 Å². The predicted molar refractivity (Wildman–Crippen MR) is 211 cm³/mol. The monoisotopic (exact) mass is 734 g/mol. The van der Waals surface area contributed by atoms with Crippen molar-refractivity contribution in [2.75, 3.05) is 33.0 Å². The lowest BCUT2D eigenvalue weighted by molar-refractivity contribution is -0.154. The van der Waals surface area contributed by atoms with Gasteiger partial charge in [-0.25, -0.2) is 4.57 Å². The van der Waals surface area contributed by atoms with Crippen LogP contribution in [-0.4, -0.2) is 49.9 Å². The van der Waals surface area contributed by atoms with Crippen LogP contribution in [0.25, 0.3) is 0 Å². The molecule has 0 spiro atoms. The Morgan fingerprint density at radius 1 is 0.520 bits per heavy atom. The molecular formula is C41H84NO7P. The predicted octanol–water partition coefficient (Wildman–Crippen LogP) is 12.5. The van der Waals surface area contributed by atoms with Crippen LogP contribution in [0.2, 0.25) is 0 Å². The molecule has 0 fully saturated rings. The van der Waals surface area contributed by atoms with Crippen LogP contribution in [0.1, 0.15) is 219 Å². The summed E-state index contributed by atoms with van der Waals surface area (Å²) < 4.78 is 33.4. The lowest BCUT2D eigenvalue weighted by Crippen LogP contribution is -2.28. The van der Waals surface area contributed by atoms with Crippen molar-refractivity contribution in [2.45, 2.75) is 225 Å². The number of esters is 1. The molecule has 0 aliphatic carbocycles. The van der Waals surface area contributed by atoms with Crippen molar-refractivity contribution in [3.8, 4) is 0 Å². The third kappa shape index (κ3) is 38.7. The van der Waals surface area contributed by atoms with Gasteiger partial charge in [0, 0.05) is 19.6 Å². The molecule has 0 aromatic carbocycles. The summed E-state index contributed by atoms with van der Waals surface area (Å²) in [6.45, 7) is 4.98. The molecule has 0 bridgehead atoms. The van der Waals surface area contributed by atoms with Crippen LogP contribution in [0.5, 0.6) is 0 Å². The van der Waals surface area contributed by atoms with Gasteiger partial charge in [-0.2, -0.15) is 0 Å². The molecule has 9 heteroatoms. The summed E-state index contributed by atoms with van der Waals surface area (Å²) in [4.78, 5) is 22.5. The molecule has 8 nitrogen and oxygen atoms in total. The van der Waals surface area contributed by atoms with Crippen LogP contribution in [-0.2, 0) is 27.9 Å². The number of phosphoric ester groups is 1. The Labute approximate surface area is 310 Å². The maximum Gasteiger partial charge on any atom is 0.472 e. The van der Waals surface area contributed by atoms with E-state index < -0.39 is 13.9 Å². The zero-order valence-corrected chi connectivity index (χ0v) is 34.1. The molecule has 0 amide bonds. The van der Waals surface area contributed by atoms with E-state index in [4.69, 9.17) is 24.3 Å². The quantitative estimate of drug-likeness (QED) is 0.0362. The third-order valence-electron chi connectivity index (χ3n) is 9.52. The third-order valence-corrected chi connectivity index (χ3v) is 10.5. The zero-order chi connectivity index (χ0) is 36.6. The fourth-order valence-corrected chi connectivity index (χ4v) is 7.12. The maximum atomic E-state index is 12.6. The van der Waals surface area contributed by atoms with Crippen LogP contribution >= 0.6 is 7.82 Å². The smallest absolute Gasteiger partial charge is 0.457 e. The Kier molecular flexibility index (Phi) is 39.3. The number of hydrogen-bond donors (Lipinski definition) is 2. The van der Waals surface area contributed by atoms with Crippen molar-refractivity contribution in [3.05, 3.63) is 0 Å². The Morgan fingerprint density at radius 3 is 1.26 bits per heavy atom. The Balaban J connectivity index is 3.97. The average Bonchev–Trinajstić information content (AvgIpc) is 3.10. The fraction of sp³-hybridized carbons (Fsp3) is 0.976. The van der Waals surface area contributed by atoms with E-state index in [0.29, 0.717) is 13.0 Å². The van der Waals surface area contributed by atoms with E-state index >= 15 is 0 Å². The van der Waals surface area contributed by atoms with Gasteiger partial charge < -0.3 is 20.1 Å². The number of nitrogens with two attached hydrogens (primary N) is 1. The van der Waals surface area contributed by atoms with E-state index in [0.717, 1.165) is 32.1 Å². The topological polar surface area (TPSA) is 117 Å². The summed E-state index contributed by atoms with van der Waals surface area (Å²) >= 11 is 0. The molecule has 3 N–H and O–H groups in total. The highest BCUT2D eigenvalue weighted by Gasteiger charge is 2.25. The van der Waals surface area contributed by atoms with Crippen molar-refractivity contribution >= 4 is 13.8 Å². The number of hydrogen-bond acceptors (Lipinski definition) is 7. The first-order valence-corrected chi connectivity index (χ1v) is 23.0. The summed E-state index contributed by atoms with van der Waals surface area (Å²) in [5.74, 6) is -0.324. The van der Waals surface area contributed by atoms with Crippen LogP contribution < -0.4 is 5.73 Å². The Bertz CT molecular complexity index is 742.